The summed E-state index contributed by atoms with van der Waals surface area (Å²) in [6, 6.07) is 3.36. The van der Waals surface area contributed by atoms with Gasteiger partial charge in [-0.25, -0.2) is 13.2 Å². The van der Waals surface area contributed by atoms with Crippen molar-refractivity contribution in [3.63, 3.8) is 0 Å². The summed E-state index contributed by atoms with van der Waals surface area (Å²) in [5.41, 5.74) is 4.75. The average molecular weight is 287 g/mol. The Hall–Kier alpha value is -2.09. The zero-order chi connectivity index (χ0) is 14.8. The first kappa shape index (κ1) is 15.0. The Morgan fingerprint density at radius 2 is 1.95 bits per heavy atom. The largest absolute Gasteiger partial charge is 0.495 e. The van der Waals surface area contributed by atoms with E-state index in [1.165, 1.54) is 19.2 Å². The van der Waals surface area contributed by atoms with Crippen LogP contribution in [-0.4, -0.2) is 37.8 Å². The molecule has 0 heterocycles. The molecular weight excluding hydrogens is 274 g/mol. The number of methoxy groups -OCH3 is 1. The van der Waals surface area contributed by atoms with Gasteiger partial charge < -0.3 is 15.6 Å². The number of sulfone groups is 1. The number of benzene rings is 1. The van der Waals surface area contributed by atoms with Gasteiger partial charge in [-0.2, -0.15) is 0 Å². The van der Waals surface area contributed by atoms with Gasteiger partial charge in [0.15, 0.2) is 9.84 Å². The topological polar surface area (TPSA) is 124 Å². The standard InChI is InChI=1S/C11H13NO6S/c1-6(10(12)13)19(16,17)9-5-7(11(14)15)3-4-8(9)18-2/h3-6H,1-2H3,(H2,12,13)(H,14,15). The van der Waals surface area contributed by atoms with Gasteiger partial charge in [0.25, 0.3) is 0 Å². The molecule has 104 valence electrons. The van der Waals surface area contributed by atoms with Crippen molar-refractivity contribution in [2.75, 3.05) is 7.11 Å². The van der Waals surface area contributed by atoms with E-state index in [4.69, 9.17) is 15.6 Å². The smallest absolute Gasteiger partial charge is 0.335 e. The maximum absolute atomic E-state index is 12.2. The molecular formula is C11H13NO6S. The summed E-state index contributed by atoms with van der Waals surface area (Å²) in [5.74, 6) is -2.35. The van der Waals surface area contributed by atoms with E-state index in [9.17, 15) is 18.0 Å². The Labute approximate surface area is 109 Å². The van der Waals surface area contributed by atoms with Crippen LogP contribution in [0.15, 0.2) is 23.1 Å². The molecule has 0 bridgehead atoms. The summed E-state index contributed by atoms with van der Waals surface area (Å²) >= 11 is 0. The monoisotopic (exact) mass is 287 g/mol. The maximum Gasteiger partial charge on any atom is 0.335 e. The summed E-state index contributed by atoms with van der Waals surface area (Å²) in [5, 5.41) is 7.38. The first-order chi connectivity index (χ1) is 8.71. The van der Waals surface area contributed by atoms with Gasteiger partial charge in [0, 0.05) is 0 Å². The lowest BCUT2D eigenvalue weighted by Crippen LogP contribution is -2.33. The average Bonchev–Trinajstić information content (AvgIpc) is 2.36. The molecule has 7 nitrogen and oxygen atoms in total. The van der Waals surface area contributed by atoms with E-state index in [1.807, 2.05) is 0 Å². The van der Waals surface area contributed by atoms with E-state index in [2.05, 4.69) is 0 Å². The molecule has 8 heteroatoms. The van der Waals surface area contributed by atoms with Gasteiger partial charge in [0.2, 0.25) is 5.91 Å². The van der Waals surface area contributed by atoms with Crippen LogP contribution in [-0.2, 0) is 14.6 Å². The quantitative estimate of drug-likeness (QED) is 0.788. The first-order valence-corrected chi connectivity index (χ1v) is 6.71. The van der Waals surface area contributed by atoms with Crippen molar-refractivity contribution in [3.8, 4) is 5.75 Å². The van der Waals surface area contributed by atoms with E-state index < -0.39 is 27.0 Å². The number of carbonyl (C=O) groups is 2. The molecule has 0 fully saturated rings. The Morgan fingerprint density at radius 1 is 1.37 bits per heavy atom. The molecule has 1 unspecified atom stereocenters. The van der Waals surface area contributed by atoms with Crippen molar-refractivity contribution < 1.29 is 27.9 Å². The molecule has 19 heavy (non-hydrogen) atoms. The number of ether oxygens (including phenoxy) is 1. The predicted molar refractivity (Wildman–Crippen MR) is 65.8 cm³/mol. The Kier molecular flexibility index (Phi) is 4.15. The van der Waals surface area contributed by atoms with Gasteiger partial charge in [-0.05, 0) is 25.1 Å². The molecule has 0 spiro atoms. The number of carboxylic acid groups (broad SMARTS) is 1. The normalized spacial score (nSPS) is 12.7. The van der Waals surface area contributed by atoms with Crippen molar-refractivity contribution in [1.82, 2.24) is 0 Å². The highest BCUT2D eigenvalue weighted by molar-refractivity contribution is 7.92. The summed E-state index contributed by atoms with van der Waals surface area (Å²) in [7, 11) is -2.86. The van der Waals surface area contributed by atoms with Crippen LogP contribution in [0.3, 0.4) is 0 Å². The second kappa shape index (κ2) is 5.27. The molecule has 1 atom stereocenters. The molecule has 0 aliphatic rings. The first-order valence-electron chi connectivity index (χ1n) is 5.16. The molecule has 0 saturated heterocycles. The van der Waals surface area contributed by atoms with Crippen molar-refractivity contribution in [2.45, 2.75) is 17.1 Å². The van der Waals surface area contributed by atoms with Crippen LogP contribution in [0.25, 0.3) is 0 Å². The zero-order valence-electron chi connectivity index (χ0n) is 10.3. The summed E-state index contributed by atoms with van der Waals surface area (Å²) in [4.78, 5) is 21.5. The molecule has 0 aliphatic carbocycles. The minimum atomic E-state index is -4.10. The number of carboxylic acids is 1. The molecule has 0 saturated carbocycles. The van der Waals surface area contributed by atoms with E-state index in [0.29, 0.717) is 0 Å². The summed E-state index contributed by atoms with van der Waals surface area (Å²) < 4.78 is 29.2. The van der Waals surface area contributed by atoms with Gasteiger partial charge in [0.05, 0.1) is 12.7 Å². The van der Waals surface area contributed by atoms with Gasteiger partial charge in [-0.15, -0.1) is 0 Å². The van der Waals surface area contributed by atoms with Crippen LogP contribution < -0.4 is 10.5 Å². The highest BCUT2D eigenvalue weighted by Gasteiger charge is 2.31. The van der Waals surface area contributed by atoms with Gasteiger partial charge >= 0.3 is 5.97 Å². The minimum absolute atomic E-state index is 0.0434. The number of primary amides is 1. The number of carbonyl (C=O) groups excluding carboxylic acids is 1. The Balaban J connectivity index is 3.51. The third-order valence-corrected chi connectivity index (χ3v) is 4.68. The Bertz CT molecular complexity index is 622. The SMILES string of the molecule is COc1ccc(C(=O)O)cc1S(=O)(=O)C(C)C(N)=O. The zero-order valence-corrected chi connectivity index (χ0v) is 11.1. The van der Waals surface area contributed by atoms with E-state index in [0.717, 1.165) is 13.0 Å². The fourth-order valence-corrected chi connectivity index (χ4v) is 2.79. The van der Waals surface area contributed by atoms with Crippen molar-refractivity contribution in [2.24, 2.45) is 5.73 Å². The lowest BCUT2D eigenvalue weighted by Gasteiger charge is -2.13. The van der Waals surface area contributed by atoms with Crippen molar-refractivity contribution in [3.05, 3.63) is 23.8 Å². The molecule has 1 rings (SSSR count). The predicted octanol–water partition coefficient (Wildman–Crippen LogP) is 0.0409. The number of rotatable bonds is 5. The van der Waals surface area contributed by atoms with Gasteiger partial charge in [0.1, 0.15) is 15.9 Å². The molecule has 1 aromatic carbocycles. The fourth-order valence-electron chi connectivity index (χ4n) is 1.38. The molecule has 0 aliphatic heterocycles. The van der Waals surface area contributed by atoms with Crippen LogP contribution in [0.1, 0.15) is 17.3 Å². The highest BCUT2D eigenvalue weighted by Crippen LogP contribution is 2.28. The highest BCUT2D eigenvalue weighted by atomic mass is 32.2. The number of hydrogen-bond donors (Lipinski definition) is 2. The maximum atomic E-state index is 12.2. The third kappa shape index (κ3) is 2.84. The molecule has 0 radical (unpaired) electrons. The lowest BCUT2D eigenvalue weighted by molar-refractivity contribution is -0.117. The molecule has 3 N–H and O–H groups in total. The second-order valence-corrected chi connectivity index (χ2v) is 6.00. The second-order valence-electron chi connectivity index (χ2n) is 3.76. The number of aromatic carboxylic acids is 1. The summed E-state index contributed by atoms with van der Waals surface area (Å²) in [6.07, 6.45) is 0. The minimum Gasteiger partial charge on any atom is -0.495 e. The Morgan fingerprint density at radius 3 is 2.37 bits per heavy atom. The van der Waals surface area contributed by atoms with Crippen LogP contribution in [0.4, 0.5) is 0 Å². The van der Waals surface area contributed by atoms with E-state index in [1.54, 1.807) is 0 Å². The van der Waals surface area contributed by atoms with Crippen molar-refractivity contribution >= 4 is 21.7 Å². The van der Waals surface area contributed by atoms with Gasteiger partial charge in [-0.3, -0.25) is 4.79 Å². The number of nitrogens with two attached hydrogens (primary N) is 1. The van der Waals surface area contributed by atoms with Crippen LogP contribution in [0.2, 0.25) is 0 Å². The summed E-state index contributed by atoms with van der Waals surface area (Å²) in [6.45, 7) is 1.13. The fraction of sp³-hybridized carbons (Fsp3) is 0.273. The number of amides is 1. The number of hydrogen-bond acceptors (Lipinski definition) is 5. The van der Waals surface area contributed by atoms with E-state index >= 15 is 0 Å². The van der Waals surface area contributed by atoms with Crippen molar-refractivity contribution in [1.29, 1.82) is 0 Å². The van der Waals surface area contributed by atoms with Crippen LogP contribution in [0.5, 0.6) is 5.75 Å². The van der Waals surface area contributed by atoms with E-state index in [-0.39, 0.29) is 16.2 Å². The molecule has 1 aromatic rings. The lowest BCUT2D eigenvalue weighted by atomic mass is 10.2. The van der Waals surface area contributed by atoms with Gasteiger partial charge in [-0.1, -0.05) is 0 Å². The third-order valence-electron chi connectivity index (χ3n) is 2.58. The molecule has 0 aromatic heterocycles. The molecule has 1 amide bonds. The van der Waals surface area contributed by atoms with Crippen LogP contribution in [0, 0.1) is 0 Å². The van der Waals surface area contributed by atoms with Crippen LogP contribution >= 0.6 is 0 Å².